The first kappa shape index (κ1) is 13.9. The molecule has 0 saturated heterocycles. The summed E-state index contributed by atoms with van der Waals surface area (Å²) in [4.78, 5) is 17.9. The number of ether oxygens (including phenoxy) is 1. The van der Waals surface area contributed by atoms with E-state index in [1.807, 2.05) is 0 Å². The van der Waals surface area contributed by atoms with Crippen LogP contribution in [0.3, 0.4) is 0 Å². The molecule has 0 N–H and O–H groups in total. The molecule has 2 unspecified atom stereocenters. The molecular weight excluding hydrogens is 242 g/mol. The predicted octanol–water partition coefficient (Wildman–Crippen LogP) is 2.52. The number of oxime groups is 1. The van der Waals surface area contributed by atoms with Crippen LogP contribution in [0.2, 0.25) is 0 Å². The van der Waals surface area contributed by atoms with Crippen LogP contribution in [0, 0.1) is 23.2 Å². The Morgan fingerprint density at radius 3 is 2.95 bits per heavy atom. The van der Waals surface area contributed by atoms with Crippen LogP contribution in [0.25, 0.3) is 0 Å². The molecule has 2 aliphatic rings. The van der Waals surface area contributed by atoms with Gasteiger partial charge in [0, 0.05) is 11.8 Å². The number of hydrogen-bond donors (Lipinski definition) is 0. The Morgan fingerprint density at radius 2 is 2.32 bits per heavy atom. The molecule has 1 aliphatic heterocycles. The lowest BCUT2D eigenvalue weighted by molar-refractivity contribution is -0.170. The molecule has 0 spiro atoms. The fourth-order valence-corrected chi connectivity index (χ4v) is 2.87. The average molecular weight is 263 g/mol. The molecule has 0 aromatic rings. The summed E-state index contributed by atoms with van der Waals surface area (Å²) in [7, 11) is 0. The fourth-order valence-electron chi connectivity index (χ4n) is 2.87. The molecule has 0 radical (unpaired) electrons. The summed E-state index contributed by atoms with van der Waals surface area (Å²) < 4.78 is 5.22. The zero-order chi connectivity index (χ0) is 14.1. The van der Waals surface area contributed by atoms with Crippen molar-refractivity contribution in [3.63, 3.8) is 0 Å². The third kappa shape index (κ3) is 2.34. The smallest absolute Gasteiger partial charge is 0.355 e. The molecule has 4 nitrogen and oxygen atoms in total. The maximum Gasteiger partial charge on any atom is 0.355 e. The van der Waals surface area contributed by atoms with Crippen molar-refractivity contribution in [1.82, 2.24) is 0 Å². The molecule has 0 aromatic heterocycles. The summed E-state index contributed by atoms with van der Waals surface area (Å²) in [6.45, 7) is 8.13. The van der Waals surface area contributed by atoms with Crippen molar-refractivity contribution in [2.45, 2.75) is 52.6 Å². The van der Waals surface area contributed by atoms with Gasteiger partial charge in [0.1, 0.15) is 0 Å². The summed E-state index contributed by atoms with van der Waals surface area (Å²) in [5.74, 6) is 5.17. The number of rotatable bonds is 2. The SMILES string of the molecule is CC#CCOC(=O)C12CCCC1C(C(C)(C)C)=NO2. The Balaban J connectivity index is 2.16. The van der Waals surface area contributed by atoms with E-state index in [4.69, 9.17) is 9.57 Å². The van der Waals surface area contributed by atoms with Gasteiger partial charge in [-0.3, -0.25) is 0 Å². The molecular formula is C15H21NO3. The van der Waals surface area contributed by atoms with Crippen LogP contribution >= 0.6 is 0 Å². The van der Waals surface area contributed by atoms with E-state index in [1.165, 1.54) is 0 Å². The number of carbonyl (C=O) groups excluding carboxylic acids is 1. The standard InChI is InChI=1S/C15H21NO3/c1-5-6-10-18-13(17)15-9-7-8-11(15)12(16-19-15)14(2,3)4/h11H,7-10H2,1-4H3. The lowest BCUT2D eigenvalue weighted by atomic mass is 9.76. The molecule has 0 amide bonds. The van der Waals surface area contributed by atoms with Gasteiger partial charge in [0.15, 0.2) is 6.61 Å². The van der Waals surface area contributed by atoms with Gasteiger partial charge in [0.25, 0.3) is 0 Å². The topological polar surface area (TPSA) is 47.9 Å². The van der Waals surface area contributed by atoms with Crippen molar-refractivity contribution in [2.24, 2.45) is 16.5 Å². The van der Waals surface area contributed by atoms with E-state index in [0.717, 1.165) is 18.6 Å². The molecule has 1 fully saturated rings. The van der Waals surface area contributed by atoms with Gasteiger partial charge in [-0.25, -0.2) is 4.79 Å². The van der Waals surface area contributed by atoms with Gasteiger partial charge in [-0.15, -0.1) is 5.92 Å². The highest BCUT2D eigenvalue weighted by Gasteiger charge is 2.60. The zero-order valence-corrected chi connectivity index (χ0v) is 12.1. The number of esters is 1. The molecule has 0 aromatic carbocycles. The van der Waals surface area contributed by atoms with E-state index in [0.29, 0.717) is 6.42 Å². The van der Waals surface area contributed by atoms with Crippen LogP contribution in [0.15, 0.2) is 5.16 Å². The molecule has 0 bridgehead atoms. The number of carbonyl (C=O) groups is 1. The minimum absolute atomic E-state index is 0.0505. The van der Waals surface area contributed by atoms with E-state index in [-0.39, 0.29) is 23.9 Å². The first-order valence-corrected chi connectivity index (χ1v) is 6.75. The maximum absolute atomic E-state index is 12.3. The maximum atomic E-state index is 12.3. The minimum atomic E-state index is -0.891. The second kappa shape index (κ2) is 4.88. The lowest BCUT2D eigenvalue weighted by Gasteiger charge is -2.27. The highest BCUT2D eigenvalue weighted by atomic mass is 16.7. The monoisotopic (exact) mass is 263 g/mol. The Labute approximate surface area is 114 Å². The van der Waals surface area contributed by atoms with Crippen LogP contribution in [-0.2, 0) is 14.4 Å². The van der Waals surface area contributed by atoms with Crippen LogP contribution in [0.5, 0.6) is 0 Å². The number of fused-ring (bicyclic) bond motifs is 1. The second-order valence-corrected chi connectivity index (χ2v) is 6.16. The van der Waals surface area contributed by atoms with Gasteiger partial charge in [-0.05, 0) is 19.8 Å². The van der Waals surface area contributed by atoms with Gasteiger partial charge >= 0.3 is 5.97 Å². The van der Waals surface area contributed by atoms with Gasteiger partial charge in [0.05, 0.1) is 11.6 Å². The van der Waals surface area contributed by atoms with Gasteiger partial charge in [-0.2, -0.15) is 0 Å². The quantitative estimate of drug-likeness (QED) is 0.568. The van der Waals surface area contributed by atoms with Crippen molar-refractivity contribution in [1.29, 1.82) is 0 Å². The Kier molecular flexibility index (Phi) is 3.58. The first-order valence-electron chi connectivity index (χ1n) is 6.75. The second-order valence-electron chi connectivity index (χ2n) is 6.16. The van der Waals surface area contributed by atoms with Crippen LogP contribution in [0.1, 0.15) is 47.0 Å². The number of nitrogens with zero attached hydrogens (tertiary/aromatic N) is 1. The van der Waals surface area contributed by atoms with Crippen molar-refractivity contribution in [3.05, 3.63) is 0 Å². The average Bonchev–Trinajstić information content (AvgIpc) is 2.85. The molecule has 104 valence electrons. The summed E-state index contributed by atoms with van der Waals surface area (Å²) in [6, 6.07) is 0. The van der Waals surface area contributed by atoms with Crippen LogP contribution < -0.4 is 0 Å². The largest absolute Gasteiger partial charge is 0.449 e. The van der Waals surface area contributed by atoms with Crippen molar-refractivity contribution < 1.29 is 14.4 Å². The van der Waals surface area contributed by atoms with Crippen molar-refractivity contribution in [2.75, 3.05) is 6.61 Å². The molecule has 2 rings (SSSR count). The van der Waals surface area contributed by atoms with Crippen molar-refractivity contribution in [3.8, 4) is 11.8 Å². The van der Waals surface area contributed by atoms with Gasteiger partial charge in [0.2, 0.25) is 5.60 Å². The lowest BCUT2D eigenvalue weighted by Crippen LogP contribution is -2.45. The van der Waals surface area contributed by atoms with Crippen LogP contribution in [0.4, 0.5) is 0 Å². The minimum Gasteiger partial charge on any atom is -0.449 e. The van der Waals surface area contributed by atoms with E-state index >= 15 is 0 Å². The summed E-state index contributed by atoms with van der Waals surface area (Å²) in [5.41, 5.74) is 0.00157. The highest BCUT2D eigenvalue weighted by Crippen LogP contribution is 2.48. The van der Waals surface area contributed by atoms with Gasteiger partial charge < -0.3 is 9.57 Å². The normalized spacial score (nSPS) is 28.8. The predicted molar refractivity (Wildman–Crippen MR) is 72.5 cm³/mol. The van der Waals surface area contributed by atoms with E-state index < -0.39 is 5.60 Å². The summed E-state index contributed by atoms with van der Waals surface area (Å²) in [5, 5.41) is 4.19. The molecule has 1 heterocycles. The summed E-state index contributed by atoms with van der Waals surface area (Å²) in [6.07, 6.45) is 2.58. The van der Waals surface area contributed by atoms with Crippen molar-refractivity contribution >= 4 is 11.7 Å². The molecule has 19 heavy (non-hydrogen) atoms. The fraction of sp³-hybridized carbons (Fsp3) is 0.733. The zero-order valence-electron chi connectivity index (χ0n) is 12.1. The molecule has 1 saturated carbocycles. The Hall–Kier alpha value is -1.50. The third-order valence-electron chi connectivity index (χ3n) is 3.81. The molecule has 4 heteroatoms. The van der Waals surface area contributed by atoms with Crippen LogP contribution in [-0.4, -0.2) is 23.9 Å². The van der Waals surface area contributed by atoms with E-state index in [1.54, 1.807) is 6.92 Å². The Morgan fingerprint density at radius 1 is 1.58 bits per heavy atom. The number of hydrogen-bond acceptors (Lipinski definition) is 4. The molecule has 1 aliphatic carbocycles. The Bertz CT molecular complexity index is 464. The summed E-state index contributed by atoms with van der Waals surface area (Å²) >= 11 is 0. The first-order chi connectivity index (χ1) is 8.92. The third-order valence-corrected chi connectivity index (χ3v) is 3.81. The van der Waals surface area contributed by atoms with Gasteiger partial charge in [-0.1, -0.05) is 31.8 Å². The molecule has 2 atom stereocenters. The van der Waals surface area contributed by atoms with E-state index in [2.05, 4.69) is 37.8 Å². The highest BCUT2D eigenvalue weighted by molar-refractivity contribution is 5.99. The van der Waals surface area contributed by atoms with E-state index in [9.17, 15) is 4.79 Å².